The number of carbonyl (C=O) groups is 1. The molecule has 2 heterocycles. The van der Waals surface area contributed by atoms with Gasteiger partial charge in [-0.3, -0.25) is 5.32 Å². The van der Waals surface area contributed by atoms with Crippen molar-refractivity contribution in [1.29, 1.82) is 0 Å². The summed E-state index contributed by atoms with van der Waals surface area (Å²) in [5.74, 6) is 0. The number of nitrogens with zero attached hydrogens (tertiary/aromatic N) is 1. The van der Waals surface area contributed by atoms with Gasteiger partial charge in [-0.05, 0) is 19.9 Å². The highest BCUT2D eigenvalue weighted by Crippen LogP contribution is 2.35. The van der Waals surface area contributed by atoms with Crippen molar-refractivity contribution >= 4 is 23.4 Å². The van der Waals surface area contributed by atoms with Crippen LogP contribution in [0.25, 0.3) is 0 Å². The number of pyridine rings is 1. The fourth-order valence-corrected chi connectivity index (χ4v) is 1.59. The van der Waals surface area contributed by atoms with Crippen molar-refractivity contribution in [2.75, 3.05) is 5.32 Å². The van der Waals surface area contributed by atoms with Gasteiger partial charge in [-0.15, -0.1) is 0 Å². The highest BCUT2D eigenvalue weighted by Gasteiger charge is 2.33. The van der Waals surface area contributed by atoms with Gasteiger partial charge in [-0.25, -0.2) is 9.78 Å². The third-order valence-electron chi connectivity index (χ3n) is 2.10. The summed E-state index contributed by atoms with van der Waals surface area (Å²) in [5, 5.41) is 2.92. The van der Waals surface area contributed by atoms with E-state index < -0.39 is 11.7 Å². The van der Waals surface area contributed by atoms with E-state index >= 15 is 0 Å². The van der Waals surface area contributed by atoms with E-state index in [0.29, 0.717) is 10.8 Å². The fourth-order valence-electron chi connectivity index (χ4n) is 1.44. The first kappa shape index (κ1) is 9.27. The number of carbonyl (C=O) groups excluding carboxylic acids is 1. The van der Waals surface area contributed by atoms with Crippen molar-refractivity contribution in [2.45, 2.75) is 19.4 Å². The van der Waals surface area contributed by atoms with Crippen LogP contribution in [0.3, 0.4) is 0 Å². The Hall–Kier alpha value is -1.29. The molecule has 1 aliphatic heterocycles. The van der Waals surface area contributed by atoms with Crippen LogP contribution < -0.4 is 5.32 Å². The first-order valence-electron chi connectivity index (χ1n) is 4.15. The molecule has 1 amide bonds. The molecule has 4 nitrogen and oxygen atoms in total. The van der Waals surface area contributed by atoms with Crippen molar-refractivity contribution in [2.24, 2.45) is 0 Å². The number of amides is 1. The van der Waals surface area contributed by atoms with E-state index in [2.05, 4.69) is 10.3 Å². The molecule has 0 fully saturated rings. The molecule has 1 aliphatic rings. The van der Waals surface area contributed by atoms with Gasteiger partial charge in [0.25, 0.3) is 0 Å². The summed E-state index contributed by atoms with van der Waals surface area (Å²) in [6.07, 6.45) is 1.14. The van der Waals surface area contributed by atoms with Gasteiger partial charge in [0.15, 0.2) is 0 Å². The number of hydrogen-bond acceptors (Lipinski definition) is 3. The second-order valence-corrected chi connectivity index (χ2v) is 3.96. The van der Waals surface area contributed by atoms with Gasteiger partial charge in [0.05, 0.1) is 5.69 Å². The second-order valence-electron chi connectivity index (χ2n) is 3.58. The molecule has 0 unspecified atom stereocenters. The van der Waals surface area contributed by atoms with Crippen LogP contribution in [0, 0.1) is 0 Å². The minimum Gasteiger partial charge on any atom is -0.438 e. The Kier molecular flexibility index (Phi) is 1.89. The van der Waals surface area contributed by atoms with E-state index in [9.17, 15) is 4.79 Å². The summed E-state index contributed by atoms with van der Waals surface area (Å²) in [6.45, 7) is 3.61. The van der Waals surface area contributed by atoms with Gasteiger partial charge in [-0.1, -0.05) is 11.6 Å². The van der Waals surface area contributed by atoms with Crippen LogP contribution in [0.15, 0.2) is 12.3 Å². The summed E-state index contributed by atoms with van der Waals surface area (Å²) in [4.78, 5) is 15.1. The Morgan fingerprint density at radius 1 is 1.57 bits per heavy atom. The lowest BCUT2D eigenvalue weighted by atomic mass is 9.97. The lowest BCUT2D eigenvalue weighted by molar-refractivity contribution is 0.0418. The molecule has 1 aromatic heterocycles. The standard InChI is InChI=1S/C9H9ClN2O2/c1-9(2)5-4-11-7(10)3-6(5)12-8(13)14-9/h3-4H,1-2H3,(H,12,13). The van der Waals surface area contributed by atoms with Gasteiger partial charge in [0.2, 0.25) is 0 Å². The van der Waals surface area contributed by atoms with E-state index in [0.717, 1.165) is 5.56 Å². The zero-order valence-electron chi connectivity index (χ0n) is 7.80. The van der Waals surface area contributed by atoms with E-state index in [-0.39, 0.29) is 0 Å². The first-order valence-corrected chi connectivity index (χ1v) is 4.53. The molecule has 0 saturated heterocycles. The molecule has 74 valence electrons. The number of nitrogens with one attached hydrogen (secondary N) is 1. The number of fused-ring (bicyclic) bond motifs is 1. The highest BCUT2D eigenvalue weighted by molar-refractivity contribution is 6.29. The van der Waals surface area contributed by atoms with Crippen LogP contribution in [-0.4, -0.2) is 11.1 Å². The average Bonchev–Trinajstić information content (AvgIpc) is 2.00. The van der Waals surface area contributed by atoms with Crippen LogP contribution in [0.4, 0.5) is 10.5 Å². The lowest BCUT2D eigenvalue weighted by Gasteiger charge is -2.31. The van der Waals surface area contributed by atoms with Crippen LogP contribution in [0.2, 0.25) is 5.15 Å². The SMILES string of the molecule is CC1(C)OC(=O)Nc2cc(Cl)ncc21. The zero-order valence-corrected chi connectivity index (χ0v) is 8.55. The summed E-state index contributed by atoms with van der Waals surface area (Å²) in [6, 6.07) is 1.61. The molecule has 0 saturated carbocycles. The van der Waals surface area contributed by atoms with Gasteiger partial charge in [0.1, 0.15) is 10.8 Å². The number of halogens is 1. The number of aromatic nitrogens is 1. The van der Waals surface area contributed by atoms with Gasteiger partial charge >= 0.3 is 6.09 Å². The Bertz CT molecular complexity index is 404. The van der Waals surface area contributed by atoms with E-state index in [1.165, 1.54) is 0 Å². The van der Waals surface area contributed by atoms with Crippen LogP contribution in [0.5, 0.6) is 0 Å². The monoisotopic (exact) mass is 212 g/mol. The largest absolute Gasteiger partial charge is 0.438 e. The molecular weight excluding hydrogens is 204 g/mol. The third-order valence-corrected chi connectivity index (χ3v) is 2.31. The number of cyclic esters (lactones) is 1. The number of rotatable bonds is 0. The predicted octanol–water partition coefficient (Wildman–Crippen LogP) is 2.53. The smallest absolute Gasteiger partial charge is 0.412 e. The molecule has 0 atom stereocenters. The van der Waals surface area contributed by atoms with E-state index in [1.54, 1.807) is 26.1 Å². The fraction of sp³-hybridized carbons (Fsp3) is 0.333. The Labute approximate surface area is 86.2 Å². The molecule has 0 spiro atoms. The van der Waals surface area contributed by atoms with Gasteiger partial charge in [0, 0.05) is 11.8 Å². The molecule has 0 aromatic carbocycles. The van der Waals surface area contributed by atoms with Crippen molar-refractivity contribution in [3.05, 3.63) is 23.0 Å². The van der Waals surface area contributed by atoms with Crippen molar-refractivity contribution in [3.63, 3.8) is 0 Å². The van der Waals surface area contributed by atoms with Crippen molar-refractivity contribution in [3.8, 4) is 0 Å². The lowest BCUT2D eigenvalue weighted by Crippen LogP contribution is -2.34. The van der Waals surface area contributed by atoms with Crippen molar-refractivity contribution in [1.82, 2.24) is 4.98 Å². The molecule has 5 heteroatoms. The number of hydrogen-bond donors (Lipinski definition) is 1. The maximum atomic E-state index is 11.2. The maximum Gasteiger partial charge on any atom is 0.412 e. The molecule has 14 heavy (non-hydrogen) atoms. The normalized spacial score (nSPS) is 18.1. The Morgan fingerprint density at radius 2 is 2.29 bits per heavy atom. The van der Waals surface area contributed by atoms with E-state index in [4.69, 9.17) is 16.3 Å². The predicted molar refractivity (Wildman–Crippen MR) is 52.4 cm³/mol. The van der Waals surface area contributed by atoms with Crippen LogP contribution in [0.1, 0.15) is 19.4 Å². The van der Waals surface area contributed by atoms with Gasteiger partial charge in [-0.2, -0.15) is 0 Å². The molecule has 1 aromatic rings. The average molecular weight is 213 g/mol. The Balaban J connectivity index is 2.57. The molecule has 1 N–H and O–H groups in total. The molecule has 2 rings (SSSR count). The molecule has 0 radical (unpaired) electrons. The number of anilines is 1. The summed E-state index contributed by atoms with van der Waals surface area (Å²) < 4.78 is 5.11. The van der Waals surface area contributed by atoms with Crippen LogP contribution in [-0.2, 0) is 10.3 Å². The third kappa shape index (κ3) is 1.42. The minimum atomic E-state index is -0.657. The molecule has 0 aliphatic carbocycles. The molecule has 0 bridgehead atoms. The second kappa shape index (κ2) is 2.85. The number of ether oxygens (including phenoxy) is 1. The van der Waals surface area contributed by atoms with Crippen molar-refractivity contribution < 1.29 is 9.53 Å². The zero-order chi connectivity index (χ0) is 10.3. The van der Waals surface area contributed by atoms with Gasteiger partial charge < -0.3 is 4.74 Å². The summed E-state index contributed by atoms with van der Waals surface area (Å²) >= 11 is 5.71. The maximum absolute atomic E-state index is 11.2. The first-order chi connectivity index (χ1) is 6.49. The quantitative estimate of drug-likeness (QED) is 0.673. The van der Waals surface area contributed by atoms with Crippen LogP contribution >= 0.6 is 11.6 Å². The summed E-state index contributed by atoms with van der Waals surface area (Å²) in [7, 11) is 0. The van der Waals surface area contributed by atoms with E-state index in [1.807, 2.05) is 0 Å². The highest BCUT2D eigenvalue weighted by atomic mass is 35.5. The Morgan fingerprint density at radius 3 is 3.00 bits per heavy atom. The molecular formula is C9H9ClN2O2. The topological polar surface area (TPSA) is 51.2 Å². The summed E-state index contributed by atoms with van der Waals surface area (Å²) in [5.41, 5.74) is 0.822. The minimum absolute atomic E-state index is 0.349.